The highest BCUT2D eigenvalue weighted by Crippen LogP contribution is 2.48. The van der Waals surface area contributed by atoms with Gasteiger partial charge in [-0.05, 0) is 51.1 Å². The minimum absolute atomic E-state index is 0.148. The number of hydrogen-bond donors (Lipinski definition) is 3. The van der Waals surface area contributed by atoms with Crippen molar-refractivity contribution in [2.45, 2.75) is 31.7 Å². The number of aliphatic carboxylic acids is 1. The normalized spacial score (nSPS) is 31.3. The molecule has 2 rings (SSSR count). The van der Waals surface area contributed by atoms with Crippen LogP contribution in [0.25, 0.3) is 0 Å². The lowest BCUT2D eigenvalue weighted by Gasteiger charge is -2.30. The molecular weight excluding hydrogens is 258 g/mol. The Morgan fingerprint density at radius 1 is 1.30 bits per heavy atom. The fraction of sp³-hybridized carbons (Fsp3) is 0.857. The van der Waals surface area contributed by atoms with Crippen LogP contribution in [0.2, 0.25) is 0 Å². The van der Waals surface area contributed by atoms with E-state index in [1.54, 1.807) is 11.9 Å². The van der Waals surface area contributed by atoms with Gasteiger partial charge < -0.3 is 20.6 Å². The van der Waals surface area contributed by atoms with Gasteiger partial charge in [0.15, 0.2) is 0 Å². The molecule has 6 heteroatoms. The Kier molecular flexibility index (Phi) is 4.86. The Balaban J connectivity index is 1.88. The van der Waals surface area contributed by atoms with Crippen molar-refractivity contribution in [3.63, 3.8) is 0 Å². The third kappa shape index (κ3) is 3.06. The number of carbonyl (C=O) groups is 2. The smallest absolute Gasteiger partial charge is 0.317 e. The highest BCUT2D eigenvalue weighted by Gasteiger charge is 2.51. The van der Waals surface area contributed by atoms with Gasteiger partial charge in [-0.1, -0.05) is 0 Å². The Labute approximate surface area is 119 Å². The number of carbonyl (C=O) groups excluding carboxylic acids is 1. The third-order valence-electron chi connectivity index (χ3n) is 4.76. The van der Waals surface area contributed by atoms with Gasteiger partial charge in [-0.25, -0.2) is 4.79 Å². The Bertz CT molecular complexity index is 375. The molecule has 0 aromatic heterocycles. The molecular formula is C14H25N3O3. The first-order valence-electron chi connectivity index (χ1n) is 7.43. The molecule has 0 spiro atoms. The van der Waals surface area contributed by atoms with E-state index in [-0.39, 0.29) is 18.0 Å². The van der Waals surface area contributed by atoms with E-state index in [9.17, 15) is 14.7 Å². The first-order chi connectivity index (χ1) is 9.54. The third-order valence-corrected chi connectivity index (χ3v) is 4.76. The van der Waals surface area contributed by atoms with Crippen LogP contribution in [0.15, 0.2) is 0 Å². The Hall–Kier alpha value is -1.30. The van der Waals surface area contributed by atoms with Crippen molar-refractivity contribution < 1.29 is 14.7 Å². The lowest BCUT2D eigenvalue weighted by molar-refractivity contribution is -0.144. The summed E-state index contributed by atoms with van der Waals surface area (Å²) in [6, 6.07) is -0.338. The molecule has 2 amide bonds. The first kappa shape index (κ1) is 15.1. The summed E-state index contributed by atoms with van der Waals surface area (Å²) < 4.78 is 0. The van der Waals surface area contributed by atoms with Gasteiger partial charge in [0.05, 0.1) is 5.92 Å². The summed E-state index contributed by atoms with van der Waals surface area (Å²) in [4.78, 5) is 25.2. The van der Waals surface area contributed by atoms with Crippen molar-refractivity contribution in [2.24, 2.45) is 17.8 Å². The minimum atomic E-state index is -0.764. The summed E-state index contributed by atoms with van der Waals surface area (Å²) in [7, 11) is 3.64. The van der Waals surface area contributed by atoms with Crippen molar-refractivity contribution >= 4 is 12.0 Å². The van der Waals surface area contributed by atoms with Crippen LogP contribution in [-0.4, -0.2) is 55.2 Å². The molecule has 114 valence electrons. The second kappa shape index (κ2) is 6.43. The van der Waals surface area contributed by atoms with Crippen LogP contribution >= 0.6 is 0 Å². The lowest BCUT2D eigenvalue weighted by Crippen LogP contribution is -2.50. The molecule has 2 saturated carbocycles. The van der Waals surface area contributed by atoms with Gasteiger partial charge in [-0.15, -0.1) is 0 Å². The average Bonchev–Trinajstić information content (AvgIpc) is 2.99. The Morgan fingerprint density at radius 3 is 2.65 bits per heavy atom. The van der Waals surface area contributed by atoms with Crippen LogP contribution in [-0.2, 0) is 4.79 Å². The summed E-state index contributed by atoms with van der Waals surface area (Å²) in [6.07, 6.45) is 3.87. The molecule has 0 heterocycles. The van der Waals surface area contributed by atoms with Crippen LogP contribution in [0.1, 0.15) is 25.7 Å². The molecule has 2 aliphatic rings. The number of carboxylic acids is 1. The first-order valence-corrected chi connectivity index (χ1v) is 7.43. The fourth-order valence-electron chi connectivity index (χ4n) is 3.70. The number of nitrogens with one attached hydrogen (secondary N) is 2. The zero-order valence-corrected chi connectivity index (χ0v) is 12.3. The average molecular weight is 283 g/mol. The molecule has 20 heavy (non-hydrogen) atoms. The zero-order chi connectivity index (χ0) is 14.7. The highest BCUT2D eigenvalue weighted by molar-refractivity contribution is 5.77. The fourth-order valence-corrected chi connectivity index (χ4v) is 3.70. The molecule has 2 bridgehead atoms. The molecule has 2 aliphatic carbocycles. The number of carboxylic acid groups (broad SMARTS) is 1. The van der Waals surface area contributed by atoms with Crippen molar-refractivity contribution in [2.75, 3.05) is 27.2 Å². The standard InChI is InChI=1S/C14H25N3O3/c1-15-6-3-7-17(2)14(20)16-12-10-5-4-9(8-10)11(12)13(18)19/h9-12,15H,3-8H2,1-2H3,(H,16,20)(H,18,19). The maximum atomic E-state index is 12.1. The van der Waals surface area contributed by atoms with Crippen molar-refractivity contribution in [1.29, 1.82) is 0 Å². The molecule has 3 N–H and O–H groups in total. The summed E-state index contributed by atoms with van der Waals surface area (Å²) in [5.41, 5.74) is 0. The van der Waals surface area contributed by atoms with E-state index in [1.807, 2.05) is 7.05 Å². The molecule has 0 aliphatic heterocycles. The van der Waals surface area contributed by atoms with E-state index >= 15 is 0 Å². The number of hydrogen-bond acceptors (Lipinski definition) is 3. The second-order valence-electron chi connectivity index (χ2n) is 6.05. The SMILES string of the molecule is CNCCCN(C)C(=O)NC1C2CCC(C2)C1C(=O)O. The van der Waals surface area contributed by atoms with Crippen molar-refractivity contribution in [3.05, 3.63) is 0 Å². The van der Waals surface area contributed by atoms with Crippen molar-refractivity contribution in [1.82, 2.24) is 15.5 Å². The number of urea groups is 1. The van der Waals surface area contributed by atoms with Crippen molar-refractivity contribution in [3.8, 4) is 0 Å². The molecule has 0 aromatic carbocycles. The van der Waals surface area contributed by atoms with E-state index < -0.39 is 11.9 Å². The number of rotatable bonds is 6. The molecule has 4 atom stereocenters. The molecule has 6 nitrogen and oxygen atoms in total. The van der Waals surface area contributed by atoms with E-state index in [2.05, 4.69) is 10.6 Å². The minimum Gasteiger partial charge on any atom is -0.481 e. The number of fused-ring (bicyclic) bond motifs is 2. The lowest BCUT2D eigenvalue weighted by atomic mass is 9.84. The molecule has 4 unspecified atom stereocenters. The topological polar surface area (TPSA) is 81.7 Å². The van der Waals surface area contributed by atoms with Crippen LogP contribution in [0, 0.1) is 17.8 Å². The maximum Gasteiger partial charge on any atom is 0.317 e. The molecule has 2 fully saturated rings. The number of amides is 2. The van der Waals surface area contributed by atoms with Crippen LogP contribution in [0.3, 0.4) is 0 Å². The van der Waals surface area contributed by atoms with Gasteiger partial charge >= 0.3 is 12.0 Å². The summed E-state index contributed by atoms with van der Waals surface area (Å²) in [5, 5.41) is 15.4. The number of nitrogens with zero attached hydrogens (tertiary/aromatic N) is 1. The highest BCUT2D eigenvalue weighted by atomic mass is 16.4. The Morgan fingerprint density at radius 2 is 2.00 bits per heavy atom. The van der Waals surface area contributed by atoms with Gasteiger partial charge in [0.25, 0.3) is 0 Å². The summed E-state index contributed by atoms with van der Waals surface area (Å²) in [6.45, 7) is 1.54. The predicted octanol–water partition coefficient (Wildman–Crippen LogP) is 0.737. The molecule has 0 radical (unpaired) electrons. The van der Waals surface area contributed by atoms with Crippen LogP contribution < -0.4 is 10.6 Å². The largest absolute Gasteiger partial charge is 0.481 e. The summed E-state index contributed by atoms with van der Waals surface area (Å²) in [5.74, 6) is -0.572. The van der Waals surface area contributed by atoms with Gasteiger partial charge in [0, 0.05) is 19.6 Å². The van der Waals surface area contributed by atoms with Gasteiger partial charge in [0.2, 0.25) is 0 Å². The zero-order valence-electron chi connectivity index (χ0n) is 12.3. The maximum absolute atomic E-state index is 12.1. The molecule has 0 saturated heterocycles. The summed E-state index contributed by atoms with van der Waals surface area (Å²) >= 11 is 0. The quantitative estimate of drug-likeness (QED) is 0.628. The van der Waals surface area contributed by atoms with E-state index in [0.29, 0.717) is 12.5 Å². The van der Waals surface area contributed by atoms with E-state index in [4.69, 9.17) is 0 Å². The van der Waals surface area contributed by atoms with E-state index in [0.717, 1.165) is 32.2 Å². The predicted molar refractivity (Wildman–Crippen MR) is 75.5 cm³/mol. The molecule has 0 aromatic rings. The van der Waals surface area contributed by atoms with Gasteiger partial charge in [0.1, 0.15) is 0 Å². The van der Waals surface area contributed by atoms with Gasteiger partial charge in [-0.3, -0.25) is 4.79 Å². The van der Waals surface area contributed by atoms with Crippen LogP contribution in [0.4, 0.5) is 4.79 Å². The second-order valence-corrected chi connectivity index (χ2v) is 6.05. The van der Waals surface area contributed by atoms with E-state index in [1.165, 1.54) is 0 Å². The monoisotopic (exact) mass is 283 g/mol. The van der Waals surface area contributed by atoms with Gasteiger partial charge in [-0.2, -0.15) is 0 Å². The van der Waals surface area contributed by atoms with Crippen LogP contribution in [0.5, 0.6) is 0 Å².